The summed E-state index contributed by atoms with van der Waals surface area (Å²) in [6, 6.07) is 10.6. The van der Waals surface area contributed by atoms with Crippen molar-refractivity contribution < 1.29 is 4.79 Å². The Morgan fingerprint density at radius 2 is 2.26 bits per heavy atom. The van der Waals surface area contributed by atoms with E-state index in [9.17, 15) is 4.79 Å². The van der Waals surface area contributed by atoms with Crippen molar-refractivity contribution in [2.24, 2.45) is 0 Å². The second kappa shape index (κ2) is 5.36. The topological polar surface area (TPSA) is 70.7 Å². The Morgan fingerprint density at radius 3 is 2.89 bits per heavy atom. The first-order valence-electron chi connectivity index (χ1n) is 6.00. The van der Waals surface area contributed by atoms with Crippen molar-refractivity contribution in [1.29, 1.82) is 5.26 Å². The molecule has 0 fully saturated rings. The zero-order valence-electron chi connectivity index (χ0n) is 10.8. The summed E-state index contributed by atoms with van der Waals surface area (Å²) in [6.45, 7) is 4.60. The van der Waals surface area contributed by atoms with E-state index in [4.69, 9.17) is 5.26 Å². The zero-order chi connectivity index (χ0) is 13.8. The molecule has 5 nitrogen and oxygen atoms in total. The number of nitriles is 1. The van der Waals surface area contributed by atoms with E-state index < -0.39 is 0 Å². The third-order valence-corrected chi connectivity index (χ3v) is 2.76. The number of carbonyl (C=O) groups is 1. The maximum Gasteiger partial charge on any atom is 0.276 e. The first-order valence-corrected chi connectivity index (χ1v) is 6.00. The molecule has 0 saturated carbocycles. The average Bonchev–Trinajstić information content (AvgIpc) is 2.80. The summed E-state index contributed by atoms with van der Waals surface area (Å²) in [5.74, 6) is -0.273. The monoisotopic (exact) mass is 254 g/mol. The van der Waals surface area contributed by atoms with Crippen LogP contribution in [0.4, 0.5) is 5.69 Å². The lowest BCUT2D eigenvalue weighted by atomic mass is 10.2. The van der Waals surface area contributed by atoms with Crippen molar-refractivity contribution in [2.45, 2.75) is 20.4 Å². The molecule has 5 heteroatoms. The van der Waals surface area contributed by atoms with Crippen molar-refractivity contribution >= 4 is 11.6 Å². The number of hydrogen-bond acceptors (Lipinski definition) is 3. The van der Waals surface area contributed by atoms with Gasteiger partial charge in [-0.3, -0.25) is 9.48 Å². The molecule has 0 aliphatic heterocycles. The molecule has 1 aromatic carbocycles. The summed E-state index contributed by atoms with van der Waals surface area (Å²) < 4.78 is 1.76. The lowest BCUT2D eigenvalue weighted by Gasteiger charge is -2.03. The Bertz CT molecular complexity index is 652. The number of anilines is 1. The van der Waals surface area contributed by atoms with Crippen molar-refractivity contribution in [3.05, 3.63) is 47.3 Å². The van der Waals surface area contributed by atoms with Gasteiger partial charge in [0.1, 0.15) is 0 Å². The van der Waals surface area contributed by atoms with Gasteiger partial charge in [-0.2, -0.15) is 10.4 Å². The highest BCUT2D eigenvalue weighted by Gasteiger charge is 2.12. The van der Waals surface area contributed by atoms with Crippen LogP contribution in [0, 0.1) is 18.3 Å². The van der Waals surface area contributed by atoms with Crippen LogP contribution in [0.5, 0.6) is 0 Å². The third kappa shape index (κ3) is 2.80. The highest BCUT2D eigenvalue weighted by molar-refractivity contribution is 6.03. The highest BCUT2D eigenvalue weighted by Crippen LogP contribution is 2.12. The lowest BCUT2D eigenvalue weighted by Crippen LogP contribution is -2.13. The minimum absolute atomic E-state index is 0.273. The fraction of sp³-hybridized carbons (Fsp3) is 0.214. The molecular formula is C14H14N4O. The van der Waals surface area contributed by atoms with Crippen molar-refractivity contribution in [3.63, 3.8) is 0 Å². The van der Waals surface area contributed by atoms with Crippen LogP contribution in [-0.2, 0) is 6.54 Å². The SMILES string of the molecule is CCn1nc(C(=O)Nc2cccc(C#N)c2)cc1C. The van der Waals surface area contributed by atoms with Gasteiger partial charge in [0.15, 0.2) is 5.69 Å². The summed E-state index contributed by atoms with van der Waals surface area (Å²) >= 11 is 0. The van der Waals surface area contributed by atoms with Crippen molar-refractivity contribution in [3.8, 4) is 6.07 Å². The maximum absolute atomic E-state index is 12.0. The van der Waals surface area contributed by atoms with Gasteiger partial charge < -0.3 is 5.32 Å². The molecule has 0 saturated heterocycles. The van der Waals surface area contributed by atoms with E-state index in [1.165, 1.54) is 0 Å². The van der Waals surface area contributed by atoms with Gasteiger partial charge >= 0.3 is 0 Å². The Morgan fingerprint density at radius 1 is 1.47 bits per heavy atom. The molecule has 0 aliphatic carbocycles. The van der Waals surface area contributed by atoms with E-state index in [2.05, 4.69) is 10.4 Å². The predicted molar refractivity (Wildman–Crippen MR) is 71.7 cm³/mol. The van der Waals surface area contributed by atoms with Crippen LogP contribution in [0.25, 0.3) is 0 Å². The molecule has 96 valence electrons. The van der Waals surface area contributed by atoms with Gasteiger partial charge in [0.25, 0.3) is 5.91 Å². The van der Waals surface area contributed by atoms with Crippen LogP contribution in [0.3, 0.4) is 0 Å². The highest BCUT2D eigenvalue weighted by atomic mass is 16.1. The summed E-state index contributed by atoms with van der Waals surface area (Å²) in [6.07, 6.45) is 0. The number of rotatable bonds is 3. The van der Waals surface area contributed by atoms with Crippen LogP contribution < -0.4 is 5.32 Å². The number of benzene rings is 1. The number of nitrogens with one attached hydrogen (secondary N) is 1. The van der Waals surface area contributed by atoms with Gasteiger partial charge in [-0.05, 0) is 38.1 Å². The Balaban J connectivity index is 2.18. The minimum Gasteiger partial charge on any atom is -0.321 e. The second-order valence-corrected chi connectivity index (χ2v) is 4.13. The van der Waals surface area contributed by atoms with E-state index in [1.54, 1.807) is 35.0 Å². The molecule has 1 amide bonds. The maximum atomic E-state index is 12.0. The molecule has 0 radical (unpaired) electrons. The van der Waals surface area contributed by atoms with Gasteiger partial charge in [0, 0.05) is 17.9 Å². The average molecular weight is 254 g/mol. The number of nitrogens with zero attached hydrogens (tertiary/aromatic N) is 3. The Labute approximate surface area is 111 Å². The molecular weight excluding hydrogens is 240 g/mol. The predicted octanol–water partition coefficient (Wildman–Crippen LogP) is 2.34. The molecule has 1 aromatic heterocycles. The smallest absolute Gasteiger partial charge is 0.276 e. The molecule has 1 N–H and O–H groups in total. The second-order valence-electron chi connectivity index (χ2n) is 4.13. The van der Waals surface area contributed by atoms with Crippen LogP contribution in [0.1, 0.15) is 28.7 Å². The van der Waals surface area contributed by atoms with Crippen LogP contribution in [0.15, 0.2) is 30.3 Å². The fourth-order valence-electron chi connectivity index (χ4n) is 1.80. The lowest BCUT2D eigenvalue weighted by molar-refractivity contribution is 0.102. The summed E-state index contributed by atoms with van der Waals surface area (Å²) in [5, 5.41) is 15.7. The summed E-state index contributed by atoms with van der Waals surface area (Å²) in [4.78, 5) is 12.0. The third-order valence-electron chi connectivity index (χ3n) is 2.76. The summed E-state index contributed by atoms with van der Waals surface area (Å²) in [5.41, 5.74) is 2.42. The number of amides is 1. The van der Waals surface area contributed by atoms with E-state index in [0.29, 0.717) is 16.9 Å². The van der Waals surface area contributed by atoms with E-state index in [0.717, 1.165) is 12.2 Å². The Hall–Kier alpha value is -2.61. The molecule has 1 heterocycles. The number of carbonyl (C=O) groups excluding carboxylic acids is 1. The largest absolute Gasteiger partial charge is 0.321 e. The standard InChI is InChI=1S/C14H14N4O/c1-3-18-10(2)7-13(17-18)14(19)16-12-6-4-5-11(8-12)9-15/h4-8H,3H2,1-2H3,(H,16,19). The van der Waals surface area contributed by atoms with Crippen molar-refractivity contribution in [2.75, 3.05) is 5.32 Å². The molecule has 0 bridgehead atoms. The van der Waals surface area contributed by atoms with Gasteiger partial charge in [0.2, 0.25) is 0 Å². The fourth-order valence-corrected chi connectivity index (χ4v) is 1.80. The Kier molecular flexibility index (Phi) is 3.62. The molecule has 0 unspecified atom stereocenters. The number of aromatic nitrogens is 2. The quantitative estimate of drug-likeness (QED) is 0.913. The molecule has 0 spiro atoms. The van der Waals surface area contributed by atoms with Crippen LogP contribution >= 0.6 is 0 Å². The van der Waals surface area contributed by atoms with Crippen molar-refractivity contribution in [1.82, 2.24) is 9.78 Å². The molecule has 2 aromatic rings. The van der Waals surface area contributed by atoms with E-state index >= 15 is 0 Å². The van der Waals surface area contributed by atoms with Crippen LogP contribution in [-0.4, -0.2) is 15.7 Å². The van der Waals surface area contributed by atoms with Gasteiger partial charge in [0.05, 0.1) is 11.6 Å². The first-order chi connectivity index (χ1) is 9.13. The normalized spacial score (nSPS) is 9.95. The molecule has 19 heavy (non-hydrogen) atoms. The van der Waals surface area contributed by atoms with Gasteiger partial charge in [-0.1, -0.05) is 6.07 Å². The summed E-state index contributed by atoms with van der Waals surface area (Å²) in [7, 11) is 0. The first kappa shape index (κ1) is 12.8. The van der Waals surface area contributed by atoms with Gasteiger partial charge in [-0.25, -0.2) is 0 Å². The molecule has 2 rings (SSSR count). The van der Waals surface area contributed by atoms with E-state index in [1.807, 2.05) is 19.9 Å². The minimum atomic E-state index is -0.273. The molecule has 0 aliphatic rings. The van der Waals surface area contributed by atoms with Crippen LogP contribution in [0.2, 0.25) is 0 Å². The van der Waals surface area contributed by atoms with Gasteiger partial charge in [-0.15, -0.1) is 0 Å². The molecule has 0 atom stereocenters. The number of hydrogen-bond donors (Lipinski definition) is 1. The van der Waals surface area contributed by atoms with E-state index in [-0.39, 0.29) is 5.91 Å². The number of aryl methyl sites for hydroxylation is 2. The zero-order valence-corrected chi connectivity index (χ0v) is 10.8.